The Balaban J connectivity index is 2.05. The number of hydrogen-bond donors (Lipinski definition) is 2. The first-order valence-electron chi connectivity index (χ1n) is 6.40. The number of phenols is 1. The molecule has 1 aromatic rings. The van der Waals surface area contributed by atoms with E-state index in [9.17, 15) is 9.90 Å². The standard InChI is InChI=1S/C14H20N2O2/c1-10-8-12(2-3-13(10)17)14(18)16-7-5-11(9-16)4-6-15/h2-3,8,11,17H,4-7,9,15H2,1H3. The van der Waals surface area contributed by atoms with Crippen LogP contribution in [0.15, 0.2) is 18.2 Å². The molecule has 98 valence electrons. The van der Waals surface area contributed by atoms with E-state index in [2.05, 4.69) is 0 Å². The van der Waals surface area contributed by atoms with Crippen molar-refractivity contribution in [3.8, 4) is 5.75 Å². The Kier molecular flexibility index (Phi) is 3.87. The number of hydrogen-bond acceptors (Lipinski definition) is 3. The molecule has 1 fully saturated rings. The fourth-order valence-electron chi connectivity index (χ4n) is 2.46. The van der Waals surface area contributed by atoms with Gasteiger partial charge >= 0.3 is 0 Å². The van der Waals surface area contributed by atoms with Crippen LogP contribution in [-0.2, 0) is 0 Å². The van der Waals surface area contributed by atoms with Gasteiger partial charge in [0.15, 0.2) is 0 Å². The molecule has 1 aliphatic heterocycles. The third-order valence-corrected chi connectivity index (χ3v) is 3.59. The minimum atomic E-state index is 0.0534. The molecule has 1 aliphatic rings. The molecule has 0 bridgehead atoms. The fourth-order valence-corrected chi connectivity index (χ4v) is 2.46. The normalized spacial score (nSPS) is 19.2. The predicted octanol–water partition coefficient (Wildman–Crippen LogP) is 1.51. The van der Waals surface area contributed by atoms with E-state index >= 15 is 0 Å². The maximum Gasteiger partial charge on any atom is 0.253 e. The molecular formula is C14H20N2O2. The summed E-state index contributed by atoms with van der Waals surface area (Å²) in [4.78, 5) is 14.2. The van der Waals surface area contributed by atoms with E-state index in [1.807, 2.05) is 4.90 Å². The zero-order chi connectivity index (χ0) is 13.1. The predicted molar refractivity (Wildman–Crippen MR) is 70.5 cm³/mol. The minimum Gasteiger partial charge on any atom is -0.508 e. The lowest BCUT2D eigenvalue weighted by Gasteiger charge is -2.17. The van der Waals surface area contributed by atoms with Gasteiger partial charge in [0.1, 0.15) is 5.75 Å². The number of nitrogens with two attached hydrogens (primary N) is 1. The van der Waals surface area contributed by atoms with E-state index in [0.29, 0.717) is 18.0 Å². The first-order chi connectivity index (χ1) is 8.61. The Morgan fingerprint density at radius 2 is 2.33 bits per heavy atom. The summed E-state index contributed by atoms with van der Waals surface area (Å²) in [5.41, 5.74) is 6.93. The Bertz CT molecular complexity index is 445. The molecule has 1 heterocycles. The van der Waals surface area contributed by atoms with Gasteiger partial charge in [0.05, 0.1) is 0 Å². The van der Waals surface area contributed by atoms with Gasteiger partial charge in [-0.25, -0.2) is 0 Å². The second-order valence-electron chi connectivity index (χ2n) is 4.98. The molecule has 1 aromatic carbocycles. The van der Waals surface area contributed by atoms with E-state index in [4.69, 9.17) is 5.73 Å². The number of amides is 1. The van der Waals surface area contributed by atoms with Crippen LogP contribution in [0, 0.1) is 12.8 Å². The van der Waals surface area contributed by atoms with Gasteiger partial charge in [0, 0.05) is 18.7 Å². The number of carbonyl (C=O) groups is 1. The fraction of sp³-hybridized carbons (Fsp3) is 0.500. The van der Waals surface area contributed by atoms with E-state index < -0.39 is 0 Å². The topological polar surface area (TPSA) is 66.6 Å². The second kappa shape index (κ2) is 5.40. The molecule has 0 aromatic heterocycles. The lowest BCUT2D eigenvalue weighted by Crippen LogP contribution is -2.29. The average Bonchev–Trinajstić information content (AvgIpc) is 2.81. The van der Waals surface area contributed by atoms with E-state index in [-0.39, 0.29) is 11.7 Å². The van der Waals surface area contributed by atoms with Gasteiger partial charge in [-0.1, -0.05) is 0 Å². The van der Waals surface area contributed by atoms with Gasteiger partial charge in [-0.2, -0.15) is 0 Å². The molecule has 0 spiro atoms. The summed E-state index contributed by atoms with van der Waals surface area (Å²) in [6, 6.07) is 5.00. The van der Waals surface area contributed by atoms with Crippen LogP contribution in [0.1, 0.15) is 28.8 Å². The molecule has 1 amide bonds. The largest absolute Gasteiger partial charge is 0.508 e. The number of phenolic OH excluding ortho intramolecular Hbond substituents is 1. The van der Waals surface area contributed by atoms with Crippen LogP contribution < -0.4 is 5.73 Å². The first-order valence-corrected chi connectivity index (χ1v) is 6.40. The summed E-state index contributed by atoms with van der Waals surface area (Å²) in [6.07, 6.45) is 2.03. The summed E-state index contributed by atoms with van der Waals surface area (Å²) < 4.78 is 0. The van der Waals surface area contributed by atoms with Gasteiger partial charge in [-0.15, -0.1) is 0 Å². The molecule has 4 heteroatoms. The van der Waals surface area contributed by atoms with Gasteiger partial charge < -0.3 is 15.7 Å². The van der Waals surface area contributed by atoms with E-state index in [1.54, 1.807) is 25.1 Å². The molecule has 0 saturated carbocycles. The highest BCUT2D eigenvalue weighted by Crippen LogP contribution is 2.23. The minimum absolute atomic E-state index is 0.0534. The lowest BCUT2D eigenvalue weighted by atomic mass is 10.1. The van der Waals surface area contributed by atoms with Crippen LogP contribution >= 0.6 is 0 Å². The molecule has 1 atom stereocenters. The van der Waals surface area contributed by atoms with E-state index in [1.165, 1.54) is 0 Å². The average molecular weight is 248 g/mol. The number of benzene rings is 1. The van der Waals surface area contributed by atoms with Crippen molar-refractivity contribution in [3.05, 3.63) is 29.3 Å². The van der Waals surface area contributed by atoms with Gasteiger partial charge in [-0.05, 0) is 56.0 Å². The Hall–Kier alpha value is -1.55. The molecule has 0 radical (unpaired) electrons. The Labute approximate surface area is 107 Å². The summed E-state index contributed by atoms with van der Waals surface area (Å²) in [5, 5.41) is 9.46. The van der Waals surface area contributed by atoms with Crippen molar-refractivity contribution in [2.75, 3.05) is 19.6 Å². The number of rotatable bonds is 3. The summed E-state index contributed by atoms with van der Waals surface area (Å²) in [7, 11) is 0. The van der Waals surface area contributed by atoms with Crippen LogP contribution in [0.25, 0.3) is 0 Å². The Morgan fingerprint density at radius 3 is 3.00 bits per heavy atom. The number of carbonyl (C=O) groups excluding carboxylic acids is 1. The summed E-state index contributed by atoms with van der Waals surface area (Å²) >= 11 is 0. The van der Waals surface area contributed by atoms with Crippen molar-refractivity contribution in [1.82, 2.24) is 4.90 Å². The maximum absolute atomic E-state index is 12.3. The highest BCUT2D eigenvalue weighted by molar-refractivity contribution is 5.94. The zero-order valence-corrected chi connectivity index (χ0v) is 10.7. The zero-order valence-electron chi connectivity index (χ0n) is 10.7. The van der Waals surface area contributed by atoms with Crippen LogP contribution in [0.2, 0.25) is 0 Å². The third kappa shape index (κ3) is 2.64. The number of likely N-dealkylation sites (tertiary alicyclic amines) is 1. The molecule has 1 saturated heterocycles. The SMILES string of the molecule is Cc1cc(C(=O)N2CCC(CCN)C2)ccc1O. The summed E-state index contributed by atoms with van der Waals surface area (Å²) in [6.45, 7) is 4.09. The smallest absolute Gasteiger partial charge is 0.253 e. The summed E-state index contributed by atoms with van der Waals surface area (Å²) in [5.74, 6) is 0.823. The highest BCUT2D eigenvalue weighted by atomic mass is 16.3. The van der Waals surface area contributed by atoms with Crippen LogP contribution in [0.3, 0.4) is 0 Å². The van der Waals surface area contributed by atoms with E-state index in [0.717, 1.165) is 31.5 Å². The van der Waals surface area contributed by atoms with Crippen molar-refractivity contribution >= 4 is 5.91 Å². The van der Waals surface area contributed by atoms with Crippen LogP contribution in [0.5, 0.6) is 5.75 Å². The molecule has 3 N–H and O–H groups in total. The van der Waals surface area contributed by atoms with Gasteiger partial charge in [0.25, 0.3) is 5.91 Å². The molecule has 18 heavy (non-hydrogen) atoms. The molecule has 2 rings (SSSR count). The second-order valence-corrected chi connectivity index (χ2v) is 4.98. The van der Waals surface area contributed by atoms with Crippen LogP contribution in [0.4, 0.5) is 0 Å². The molecule has 4 nitrogen and oxygen atoms in total. The quantitative estimate of drug-likeness (QED) is 0.852. The molecule has 1 unspecified atom stereocenters. The monoisotopic (exact) mass is 248 g/mol. The maximum atomic E-state index is 12.3. The number of aromatic hydroxyl groups is 1. The van der Waals surface area contributed by atoms with Crippen molar-refractivity contribution in [2.45, 2.75) is 19.8 Å². The van der Waals surface area contributed by atoms with Gasteiger partial charge in [-0.3, -0.25) is 4.79 Å². The van der Waals surface area contributed by atoms with Crippen molar-refractivity contribution < 1.29 is 9.90 Å². The molecular weight excluding hydrogens is 228 g/mol. The highest BCUT2D eigenvalue weighted by Gasteiger charge is 2.26. The van der Waals surface area contributed by atoms with Crippen molar-refractivity contribution in [1.29, 1.82) is 0 Å². The number of nitrogens with zero attached hydrogens (tertiary/aromatic N) is 1. The third-order valence-electron chi connectivity index (χ3n) is 3.59. The van der Waals surface area contributed by atoms with Gasteiger partial charge in [0.2, 0.25) is 0 Å². The van der Waals surface area contributed by atoms with Crippen molar-refractivity contribution in [2.24, 2.45) is 11.7 Å². The Morgan fingerprint density at radius 1 is 1.56 bits per heavy atom. The van der Waals surface area contributed by atoms with Crippen molar-refractivity contribution in [3.63, 3.8) is 0 Å². The van der Waals surface area contributed by atoms with Crippen LogP contribution in [-0.4, -0.2) is 35.5 Å². The lowest BCUT2D eigenvalue weighted by molar-refractivity contribution is 0.0786. The first kappa shape index (κ1) is 12.9. The number of aryl methyl sites for hydroxylation is 1. The molecule has 0 aliphatic carbocycles.